The summed E-state index contributed by atoms with van der Waals surface area (Å²) < 4.78 is 31.9. The normalized spacial score (nSPS) is 12.2. The van der Waals surface area contributed by atoms with Crippen LogP contribution in [0, 0.1) is 0 Å². The van der Waals surface area contributed by atoms with Crippen LogP contribution in [0.5, 0.6) is 5.75 Å². The first-order chi connectivity index (χ1) is 13.2. The smallest absolute Gasteiger partial charge is 0.307 e. The van der Waals surface area contributed by atoms with Gasteiger partial charge in [-0.15, -0.1) is 0 Å². The highest BCUT2D eigenvalue weighted by atomic mass is 32.2. The van der Waals surface area contributed by atoms with Gasteiger partial charge in [0.25, 0.3) is 0 Å². The van der Waals surface area contributed by atoms with E-state index in [1.54, 1.807) is 0 Å². The van der Waals surface area contributed by atoms with Crippen molar-refractivity contribution >= 4 is 27.6 Å². The van der Waals surface area contributed by atoms with Crippen LogP contribution < -0.4 is 14.8 Å². The van der Waals surface area contributed by atoms with E-state index in [9.17, 15) is 23.1 Å². The van der Waals surface area contributed by atoms with Crippen LogP contribution in [0.3, 0.4) is 0 Å². The van der Waals surface area contributed by atoms with E-state index in [4.69, 9.17) is 9.84 Å². The highest BCUT2D eigenvalue weighted by Gasteiger charge is 2.25. The molecule has 0 saturated heterocycles. The molecular formula is C18H20N2O7S. The topological polar surface area (TPSA) is 142 Å². The maximum Gasteiger partial charge on any atom is 0.307 e. The quantitative estimate of drug-likeness (QED) is 0.476. The van der Waals surface area contributed by atoms with Gasteiger partial charge in [-0.25, -0.2) is 8.42 Å². The van der Waals surface area contributed by atoms with Crippen LogP contribution in [0.1, 0.15) is 5.56 Å². The average molecular weight is 408 g/mol. The number of carboxylic acid groups (broad SMARTS) is 1. The molecule has 4 N–H and O–H groups in total. The number of aliphatic hydroxyl groups excluding tert-OH is 1. The summed E-state index contributed by atoms with van der Waals surface area (Å²) in [7, 11) is -2.60. The fourth-order valence-electron chi connectivity index (χ4n) is 2.29. The molecule has 0 saturated carbocycles. The van der Waals surface area contributed by atoms with Gasteiger partial charge in [-0.3, -0.25) is 9.59 Å². The minimum atomic E-state index is -4.05. The first-order valence-corrected chi connectivity index (χ1v) is 9.62. The molecule has 0 aliphatic carbocycles. The molecule has 2 rings (SSSR count). The van der Waals surface area contributed by atoms with Gasteiger partial charge in [-0.1, -0.05) is 12.1 Å². The molecule has 0 spiro atoms. The third-order valence-electron chi connectivity index (χ3n) is 3.74. The van der Waals surface area contributed by atoms with E-state index in [1.807, 2.05) is 0 Å². The number of carbonyl (C=O) groups is 2. The van der Waals surface area contributed by atoms with Crippen LogP contribution in [-0.2, 0) is 26.0 Å². The van der Waals surface area contributed by atoms with Gasteiger partial charge in [-0.2, -0.15) is 4.72 Å². The van der Waals surface area contributed by atoms with Crippen molar-refractivity contribution in [1.82, 2.24) is 4.72 Å². The summed E-state index contributed by atoms with van der Waals surface area (Å²) in [5.41, 5.74) is 0.880. The first-order valence-electron chi connectivity index (χ1n) is 8.14. The van der Waals surface area contributed by atoms with Gasteiger partial charge in [0, 0.05) is 5.69 Å². The molecule has 2 aromatic rings. The number of benzene rings is 2. The predicted octanol–water partition coefficient (Wildman–Crippen LogP) is 0.600. The Kier molecular flexibility index (Phi) is 7.10. The van der Waals surface area contributed by atoms with Crippen LogP contribution in [0.15, 0.2) is 53.4 Å². The Balaban J connectivity index is 2.06. The molecule has 150 valence electrons. The number of hydrogen-bond donors (Lipinski definition) is 4. The Labute approximate surface area is 162 Å². The number of carbonyl (C=O) groups excluding carboxylic acids is 1. The Hall–Kier alpha value is -2.95. The van der Waals surface area contributed by atoms with E-state index in [1.165, 1.54) is 55.6 Å². The van der Waals surface area contributed by atoms with Crippen molar-refractivity contribution in [2.45, 2.75) is 17.4 Å². The molecule has 0 aliphatic rings. The van der Waals surface area contributed by atoms with Crippen molar-refractivity contribution in [2.75, 3.05) is 19.0 Å². The van der Waals surface area contributed by atoms with E-state index in [2.05, 4.69) is 10.0 Å². The zero-order valence-electron chi connectivity index (χ0n) is 15.0. The van der Waals surface area contributed by atoms with Crippen LogP contribution in [-0.4, -0.2) is 50.3 Å². The molecule has 1 amide bonds. The van der Waals surface area contributed by atoms with Gasteiger partial charge >= 0.3 is 5.97 Å². The zero-order chi connectivity index (χ0) is 20.7. The van der Waals surface area contributed by atoms with Crippen LogP contribution >= 0.6 is 0 Å². The summed E-state index contributed by atoms with van der Waals surface area (Å²) in [4.78, 5) is 22.9. The number of methoxy groups -OCH3 is 1. The van der Waals surface area contributed by atoms with E-state index < -0.39 is 34.5 Å². The highest BCUT2D eigenvalue weighted by Crippen LogP contribution is 2.16. The second-order valence-electron chi connectivity index (χ2n) is 5.79. The molecule has 9 nitrogen and oxygen atoms in total. The Morgan fingerprint density at radius 2 is 1.68 bits per heavy atom. The maximum absolute atomic E-state index is 12.4. The third kappa shape index (κ3) is 5.78. The summed E-state index contributed by atoms with van der Waals surface area (Å²) >= 11 is 0. The van der Waals surface area contributed by atoms with Crippen LogP contribution in [0.25, 0.3) is 0 Å². The molecule has 0 fully saturated rings. The molecule has 0 aromatic heterocycles. The Bertz CT molecular complexity index is 925. The van der Waals surface area contributed by atoms with Crippen molar-refractivity contribution in [2.24, 2.45) is 0 Å². The van der Waals surface area contributed by atoms with Crippen molar-refractivity contribution in [3.63, 3.8) is 0 Å². The third-order valence-corrected chi connectivity index (χ3v) is 5.23. The fourth-order valence-corrected chi connectivity index (χ4v) is 3.48. The summed E-state index contributed by atoms with van der Waals surface area (Å²) in [6.45, 7) is -0.752. The van der Waals surface area contributed by atoms with Gasteiger partial charge in [0.1, 0.15) is 11.8 Å². The number of amides is 1. The van der Waals surface area contributed by atoms with Gasteiger partial charge in [0.15, 0.2) is 0 Å². The number of aliphatic hydroxyl groups is 1. The standard InChI is InChI=1S/C18H20N2O7S/c1-27-14-6-8-15(9-7-14)28(25,26)20-16(11-21)18(24)19-13-4-2-12(3-5-13)10-17(22)23/h2-9,16,20-21H,10-11H2,1H3,(H,19,24)(H,22,23). The molecular weight excluding hydrogens is 388 g/mol. The van der Waals surface area contributed by atoms with Gasteiger partial charge in [0.05, 0.1) is 25.0 Å². The van der Waals surface area contributed by atoms with Crippen molar-refractivity contribution in [1.29, 1.82) is 0 Å². The minimum Gasteiger partial charge on any atom is -0.497 e. The number of hydrogen-bond acceptors (Lipinski definition) is 6. The van der Waals surface area contributed by atoms with Crippen LogP contribution in [0.2, 0.25) is 0 Å². The Morgan fingerprint density at radius 3 is 2.18 bits per heavy atom. The number of ether oxygens (including phenoxy) is 1. The monoisotopic (exact) mass is 408 g/mol. The second kappa shape index (κ2) is 9.31. The highest BCUT2D eigenvalue weighted by molar-refractivity contribution is 7.89. The molecule has 2 aromatic carbocycles. The SMILES string of the molecule is COc1ccc(S(=O)(=O)NC(CO)C(=O)Nc2ccc(CC(=O)O)cc2)cc1. The lowest BCUT2D eigenvalue weighted by Crippen LogP contribution is -2.46. The maximum atomic E-state index is 12.4. The number of carboxylic acids is 1. The number of nitrogens with one attached hydrogen (secondary N) is 2. The Morgan fingerprint density at radius 1 is 1.07 bits per heavy atom. The van der Waals surface area contributed by atoms with Crippen molar-refractivity contribution in [3.05, 3.63) is 54.1 Å². The summed E-state index contributed by atoms with van der Waals surface area (Å²) in [5.74, 6) is -1.27. The summed E-state index contributed by atoms with van der Waals surface area (Å²) in [6, 6.07) is 10.2. The number of sulfonamides is 1. The molecule has 0 heterocycles. The van der Waals surface area contributed by atoms with Crippen molar-refractivity contribution < 1.29 is 33.0 Å². The molecule has 28 heavy (non-hydrogen) atoms. The fraction of sp³-hybridized carbons (Fsp3) is 0.222. The molecule has 1 unspecified atom stereocenters. The van der Waals surface area contributed by atoms with E-state index in [-0.39, 0.29) is 11.3 Å². The molecule has 0 radical (unpaired) electrons. The van der Waals surface area contributed by atoms with E-state index in [0.717, 1.165) is 0 Å². The lowest BCUT2D eigenvalue weighted by molar-refractivity contribution is -0.136. The molecule has 1 atom stereocenters. The first kappa shape index (κ1) is 21.4. The minimum absolute atomic E-state index is 0.0856. The van der Waals surface area contributed by atoms with E-state index in [0.29, 0.717) is 17.0 Å². The lowest BCUT2D eigenvalue weighted by atomic mass is 10.1. The van der Waals surface area contributed by atoms with E-state index >= 15 is 0 Å². The van der Waals surface area contributed by atoms with Gasteiger partial charge in [-0.05, 0) is 42.0 Å². The number of anilines is 1. The van der Waals surface area contributed by atoms with Crippen molar-refractivity contribution in [3.8, 4) is 5.75 Å². The molecule has 0 bridgehead atoms. The summed E-state index contributed by atoms with van der Waals surface area (Å²) in [6.07, 6.45) is -0.158. The van der Waals surface area contributed by atoms with Crippen LogP contribution in [0.4, 0.5) is 5.69 Å². The van der Waals surface area contributed by atoms with Gasteiger partial charge in [0.2, 0.25) is 15.9 Å². The average Bonchev–Trinajstić information content (AvgIpc) is 2.67. The zero-order valence-corrected chi connectivity index (χ0v) is 15.8. The number of rotatable bonds is 9. The van der Waals surface area contributed by atoms with Gasteiger partial charge < -0.3 is 20.3 Å². The number of aliphatic carboxylic acids is 1. The largest absolute Gasteiger partial charge is 0.497 e. The lowest BCUT2D eigenvalue weighted by Gasteiger charge is -2.16. The molecule has 10 heteroatoms. The second-order valence-corrected chi connectivity index (χ2v) is 7.50. The predicted molar refractivity (Wildman–Crippen MR) is 101 cm³/mol. The molecule has 0 aliphatic heterocycles. The summed E-state index contributed by atoms with van der Waals surface area (Å²) in [5, 5.41) is 20.7.